The maximum absolute atomic E-state index is 5.96. The van der Waals surface area contributed by atoms with Gasteiger partial charge in [-0.2, -0.15) is 5.10 Å². The monoisotopic (exact) mass is 285 g/mol. The van der Waals surface area contributed by atoms with Crippen molar-refractivity contribution in [2.45, 2.75) is 26.3 Å². The number of hydrogen-bond donors (Lipinski definition) is 1. The predicted molar refractivity (Wildman–Crippen MR) is 83.3 cm³/mol. The van der Waals surface area contributed by atoms with E-state index in [0.717, 1.165) is 25.4 Å². The van der Waals surface area contributed by atoms with Gasteiger partial charge in [0.2, 0.25) is 0 Å². The third-order valence-corrected chi connectivity index (χ3v) is 4.03. The molecule has 0 saturated carbocycles. The largest absolute Gasteiger partial charge is 0.493 e. The average Bonchev–Trinajstić information content (AvgIpc) is 2.99. The van der Waals surface area contributed by atoms with E-state index in [2.05, 4.69) is 40.2 Å². The zero-order valence-electron chi connectivity index (χ0n) is 12.6. The van der Waals surface area contributed by atoms with E-state index in [0.29, 0.717) is 5.92 Å². The molecule has 1 aliphatic heterocycles. The fraction of sp³-hybridized carbons (Fsp3) is 0.471. The molecule has 1 atom stereocenters. The number of aromatic amines is 1. The highest BCUT2D eigenvalue weighted by Gasteiger charge is 2.20. The molecule has 1 aromatic heterocycles. The van der Waals surface area contributed by atoms with Crippen LogP contribution in [-0.4, -0.2) is 34.8 Å². The third kappa shape index (κ3) is 4.08. The summed E-state index contributed by atoms with van der Waals surface area (Å²) in [7, 11) is 0. The lowest BCUT2D eigenvalue weighted by atomic mass is 9.99. The second-order valence-corrected chi connectivity index (χ2v) is 5.95. The Labute approximate surface area is 126 Å². The quantitative estimate of drug-likeness (QED) is 0.918. The Bertz CT molecular complexity index is 553. The topological polar surface area (TPSA) is 41.1 Å². The molecule has 1 aliphatic rings. The van der Waals surface area contributed by atoms with Crippen LogP contribution >= 0.6 is 0 Å². The standard InChI is InChI=1S/C17H23N3O/c1-14-4-2-6-17(10-14)21-13-15-5-3-9-20(11-15)12-16-7-8-18-19-16/h2,4,6-8,10,15H,3,5,9,11-13H2,1H3,(H,18,19)/t15-/m0/s1. The Morgan fingerprint density at radius 3 is 3.14 bits per heavy atom. The smallest absolute Gasteiger partial charge is 0.119 e. The van der Waals surface area contributed by atoms with Gasteiger partial charge in [-0.15, -0.1) is 0 Å². The number of nitrogens with zero attached hydrogens (tertiary/aromatic N) is 2. The van der Waals surface area contributed by atoms with Gasteiger partial charge in [0.25, 0.3) is 0 Å². The molecule has 0 aliphatic carbocycles. The maximum atomic E-state index is 5.96. The molecule has 0 radical (unpaired) electrons. The Kier molecular flexibility index (Phi) is 4.55. The molecular formula is C17H23N3O. The summed E-state index contributed by atoms with van der Waals surface area (Å²) in [6.45, 7) is 6.13. The summed E-state index contributed by atoms with van der Waals surface area (Å²) < 4.78 is 5.96. The molecule has 0 unspecified atom stereocenters. The highest BCUT2D eigenvalue weighted by atomic mass is 16.5. The van der Waals surface area contributed by atoms with Gasteiger partial charge in [-0.05, 0) is 50.1 Å². The first-order chi connectivity index (χ1) is 10.3. The first-order valence-corrected chi connectivity index (χ1v) is 7.69. The van der Waals surface area contributed by atoms with E-state index in [-0.39, 0.29) is 0 Å². The molecule has 0 amide bonds. The van der Waals surface area contributed by atoms with Gasteiger partial charge in [0.1, 0.15) is 5.75 Å². The molecule has 0 bridgehead atoms. The average molecular weight is 285 g/mol. The summed E-state index contributed by atoms with van der Waals surface area (Å²) in [6.07, 6.45) is 4.32. The predicted octanol–water partition coefficient (Wildman–Crippen LogP) is 3.01. The molecular weight excluding hydrogens is 262 g/mol. The number of hydrogen-bond acceptors (Lipinski definition) is 3. The van der Waals surface area contributed by atoms with Crippen LogP contribution in [0.3, 0.4) is 0 Å². The fourth-order valence-electron chi connectivity index (χ4n) is 2.96. The maximum Gasteiger partial charge on any atom is 0.119 e. The van der Waals surface area contributed by atoms with E-state index < -0.39 is 0 Å². The molecule has 21 heavy (non-hydrogen) atoms. The molecule has 3 rings (SSSR count). The zero-order chi connectivity index (χ0) is 14.5. The zero-order valence-corrected chi connectivity index (χ0v) is 12.6. The molecule has 0 spiro atoms. The second kappa shape index (κ2) is 6.76. The van der Waals surface area contributed by atoms with Crippen molar-refractivity contribution in [1.82, 2.24) is 15.1 Å². The summed E-state index contributed by atoms with van der Waals surface area (Å²) >= 11 is 0. The van der Waals surface area contributed by atoms with E-state index in [9.17, 15) is 0 Å². The van der Waals surface area contributed by atoms with Gasteiger partial charge in [0, 0.05) is 30.9 Å². The normalized spacial score (nSPS) is 19.6. The summed E-state index contributed by atoms with van der Waals surface area (Å²) in [4.78, 5) is 2.49. The van der Waals surface area contributed by atoms with Gasteiger partial charge in [-0.3, -0.25) is 10.00 Å². The van der Waals surface area contributed by atoms with Crippen molar-refractivity contribution >= 4 is 0 Å². The summed E-state index contributed by atoms with van der Waals surface area (Å²) in [5, 5.41) is 7.06. The van der Waals surface area contributed by atoms with E-state index in [1.807, 2.05) is 18.3 Å². The van der Waals surface area contributed by atoms with Crippen LogP contribution in [0.4, 0.5) is 0 Å². The van der Waals surface area contributed by atoms with Crippen molar-refractivity contribution in [3.05, 3.63) is 47.8 Å². The number of nitrogens with one attached hydrogen (secondary N) is 1. The van der Waals surface area contributed by atoms with E-state index in [1.54, 1.807) is 0 Å². The highest BCUT2D eigenvalue weighted by molar-refractivity contribution is 5.27. The summed E-state index contributed by atoms with van der Waals surface area (Å²) in [5.74, 6) is 1.60. The van der Waals surface area contributed by atoms with Crippen LogP contribution < -0.4 is 4.74 Å². The van der Waals surface area contributed by atoms with Crippen LogP contribution in [0, 0.1) is 12.8 Å². The van der Waals surface area contributed by atoms with Gasteiger partial charge in [0.15, 0.2) is 0 Å². The number of likely N-dealkylation sites (tertiary alicyclic amines) is 1. The Morgan fingerprint density at radius 1 is 1.38 bits per heavy atom. The summed E-state index contributed by atoms with van der Waals surface area (Å²) in [5.41, 5.74) is 2.44. The lowest BCUT2D eigenvalue weighted by molar-refractivity contribution is 0.124. The van der Waals surface area contributed by atoms with Crippen molar-refractivity contribution in [2.24, 2.45) is 5.92 Å². The Balaban J connectivity index is 1.49. The number of piperidine rings is 1. The van der Waals surface area contributed by atoms with E-state index in [1.165, 1.54) is 30.6 Å². The third-order valence-electron chi connectivity index (χ3n) is 4.03. The van der Waals surface area contributed by atoms with Gasteiger partial charge in [-0.25, -0.2) is 0 Å². The van der Waals surface area contributed by atoms with Gasteiger partial charge in [-0.1, -0.05) is 12.1 Å². The van der Waals surface area contributed by atoms with Crippen LogP contribution in [-0.2, 0) is 6.54 Å². The number of benzene rings is 1. The molecule has 1 N–H and O–H groups in total. The van der Waals surface area contributed by atoms with E-state index in [4.69, 9.17) is 4.74 Å². The minimum Gasteiger partial charge on any atom is -0.493 e. The number of aromatic nitrogens is 2. The van der Waals surface area contributed by atoms with Crippen LogP contribution in [0.2, 0.25) is 0 Å². The van der Waals surface area contributed by atoms with Crippen molar-refractivity contribution in [2.75, 3.05) is 19.7 Å². The Morgan fingerprint density at radius 2 is 2.33 bits per heavy atom. The van der Waals surface area contributed by atoms with Crippen LogP contribution in [0.15, 0.2) is 36.5 Å². The number of H-pyrrole nitrogens is 1. The Hall–Kier alpha value is -1.81. The lowest BCUT2D eigenvalue weighted by Gasteiger charge is -2.32. The SMILES string of the molecule is Cc1cccc(OC[C@H]2CCCN(Cc3ccn[nH]3)C2)c1. The number of aryl methyl sites for hydroxylation is 1. The van der Waals surface area contributed by atoms with Gasteiger partial charge >= 0.3 is 0 Å². The highest BCUT2D eigenvalue weighted by Crippen LogP contribution is 2.20. The van der Waals surface area contributed by atoms with Gasteiger partial charge in [0.05, 0.1) is 6.61 Å². The number of rotatable bonds is 5. The minimum absolute atomic E-state index is 0.613. The molecule has 4 nitrogen and oxygen atoms in total. The van der Waals surface area contributed by atoms with Crippen molar-refractivity contribution in [1.29, 1.82) is 0 Å². The molecule has 1 saturated heterocycles. The molecule has 112 valence electrons. The lowest BCUT2D eigenvalue weighted by Crippen LogP contribution is -2.37. The molecule has 1 fully saturated rings. The van der Waals surface area contributed by atoms with Crippen LogP contribution in [0.5, 0.6) is 5.75 Å². The second-order valence-electron chi connectivity index (χ2n) is 5.95. The van der Waals surface area contributed by atoms with Crippen molar-refractivity contribution in [3.63, 3.8) is 0 Å². The fourth-order valence-corrected chi connectivity index (χ4v) is 2.96. The first-order valence-electron chi connectivity index (χ1n) is 7.69. The molecule has 2 heterocycles. The van der Waals surface area contributed by atoms with Crippen molar-refractivity contribution in [3.8, 4) is 5.75 Å². The van der Waals surface area contributed by atoms with Crippen LogP contribution in [0.25, 0.3) is 0 Å². The minimum atomic E-state index is 0.613. The van der Waals surface area contributed by atoms with Gasteiger partial charge < -0.3 is 4.74 Å². The molecule has 1 aromatic carbocycles. The van der Waals surface area contributed by atoms with Crippen LogP contribution in [0.1, 0.15) is 24.1 Å². The van der Waals surface area contributed by atoms with E-state index >= 15 is 0 Å². The molecule has 4 heteroatoms. The molecule has 2 aromatic rings. The summed E-state index contributed by atoms with van der Waals surface area (Å²) in [6, 6.07) is 10.3. The first kappa shape index (κ1) is 14.1. The van der Waals surface area contributed by atoms with Crippen molar-refractivity contribution < 1.29 is 4.74 Å². The number of ether oxygens (including phenoxy) is 1.